The minimum atomic E-state index is -0.0460. The Kier molecular flexibility index (Phi) is 6.09. The van der Waals surface area contributed by atoms with Crippen LogP contribution in [0.2, 0.25) is 0 Å². The van der Waals surface area contributed by atoms with E-state index in [0.29, 0.717) is 30.8 Å². The first-order chi connectivity index (χ1) is 16.7. The highest BCUT2D eigenvalue weighted by atomic mass is 16.5. The molecule has 10 heteroatoms. The predicted molar refractivity (Wildman–Crippen MR) is 126 cm³/mol. The smallest absolute Gasteiger partial charge is 0.276 e. The summed E-state index contributed by atoms with van der Waals surface area (Å²) in [4.78, 5) is 21.6. The van der Waals surface area contributed by atoms with Crippen molar-refractivity contribution in [2.45, 2.75) is 37.7 Å². The summed E-state index contributed by atoms with van der Waals surface area (Å²) in [6.45, 7) is 8.70. The fourth-order valence-corrected chi connectivity index (χ4v) is 5.14. The van der Waals surface area contributed by atoms with Crippen LogP contribution < -0.4 is 9.80 Å². The van der Waals surface area contributed by atoms with Gasteiger partial charge in [-0.1, -0.05) is 5.16 Å². The average Bonchev–Trinajstić information content (AvgIpc) is 3.39. The Bertz CT molecular complexity index is 971. The number of aromatic nitrogens is 3. The molecule has 1 aliphatic carbocycles. The normalized spacial score (nSPS) is 24.1. The van der Waals surface area contributed by atoms with Crippen molar-refractivity contribution in [3.8, 4) is 0 Å². The van der Waals surface area contributed by atoms with Crippen LogP contribution in [0.25, 0.3) is 0 Å². The Balaban J connectivity index is 0.982. The third kappa shape index (κ3) is 4.74. The molecule has 4 fully saturated rings. The SMILES string of the molecule is O=C(c1cc(C2CC2)on1)N1CCN(c2ccc(N3CCN(CC4CCCO4)CC3)nn2)CC1. The van der Waals surface area contributed by atoms with E-state index in [4.69, 9.17) is 9.26 Å². The molecule has 5 heterocycles. The fourth-order valence-electron chi connectivity index (χ4n) is 5.14. The molecule has 1 amide bonds. The van der Waals surface area contributed by atoms with Crippen LogP contribution in [0.3, 0.4) is 0 Å². The largest absolute Gasteiger partial charge is 0.377 e. The van der Waals surface area contributed by atoms with Gasteiger partial charge in [0.1, 0.15) is 5.76 Å². The summed E-state index contributed by atoms with van der Waals surface area (Å²) in [5.41, 5.74) is 0.426. The maximum absolute atomic E-state index is 12.8. The lowest BCUT2D eigenvalue weighted by molar-refractivity contribution is 0.0712. The minimum absolute atomic E-state index is 0.0460. The van der Waals surface area contributed by atoms with E-state index in [-0.39, 0.29) is 5.91 Å². The van der Waals surface area contributed by atoms with E-state index in [0.717, 1.165) is 82.7 Å². The number of ether oxygens (including phenoxy) is 1. The average molecular weight is 468 g/mol. The van der Waals surface area contributed by atoms with Gasteiger partial charge in [-0.25, -0.2) is 0 Å². The van der Waals surface area contributed by atoms with Gasteiger partial charge in [-0.15, -0.1) is 10.2 Å². The molecule has 0 N–H and O–H groups in total. The Morgan fingerprint density at radius 3 is 2.18 bits per heavy atom. The van der Waals surface area contributed by atoms with Crippen LogP contribution in [-0.2, 0) is 4.74 Å². The van der Waals surface area contributed by atoms with E-state index in [1.165, 1.54) is 12.8 Å². The molecule has 182 valence electrons. The van der Waals surface area contributed by atoms with Crippen molar-refractivity contribution < 1.29 is 14.1 Å². The number of hydrogen-bond donors (Lipinski definition) is 0. The summed E-state index contributed by atoms with van der Waals surface area (Å²) in [6.07, 6.45) is 5.07. The van der Waals surface area contributed by atoms with Gasteiger partial charge in [-0.05, 0) is 37.8 Å². The molecule has 0 radical (unpaired) electrons. The van der Waals surface area contributed by atoms with Gasteiger partial charge < -0.3 is 24.0 Å². The first-order valence-electron chi connectivity index (χ1n) is 12.7. The monoisotopic (exact) mass is 467 g/mol. The van der Waals surface area contributed by atoms with Crippen molar-refractivity contribution in [2.24, 2.45) is 0 Å². The summed E-state index contributed by atoms with van der Waals surface area (Å²) in [5.74, 6) is 3.07. The van der Waals surface area contributed by atoms with Gasteiger partial charge in [0.2, 0.25) is 0 Å². The molecule has 4 aliphatic rings. The molecule has 2 aromatic rings. The minimum Gasteiger partial charge on any atom is -0.377 e. The molecule has 0 spiro atoms. The first-order valence-corrected chi connectivity index (χ1v) is 12.7. The van der Waals surface area contributed by atoms with Crippen molar-refractivity contribution in [1.29, 1.82) is 0 Å². The van der Waals surface area contributed by atoms with Crippen LogP contribution in [0.15, 0.2) is 22.7 Å². The summed E-state index contributed by atoms with van der Waals surface area (Å²) in [7, 11) is 0. The molecule has 6 rings (SSSR count). The Labute approximate surface area is 199 Å². The molecule has 2 aromatic heterocycles. The fraction of sp³-hybridized carbons (Fsp3) is 0.667. The van der Waals surface area contributed by atoms with E-state index < -0.39 is 0 Å². The van der Waals surface area contributed by atoms with Crippen LogP contribution in [0.4, 0.5) is 11.6 Å². The van der Waals surface area contributed by atoms with Crippen molar-refractivity contribution in [3.05, 3.63) is 29.7 Å². The predicted octanol–water partition coefficient (Wildman–Crippen LogP) is 1.61. The lowest BCUT2D eigenvalue weighted by Gasteiger charge is -2.36. The molecule has 10 nitrogen and oxygen atoms in total. The standard InChI is InChI=1S/C24H33N7O3/c32-24(20-16-21(34-27-20)18-3-4-18)31-13-11-30(12-14-31)23-6-5-22(25-26-23)29-9-7-28(8-10-29)17-19-2-1-15-33-19/h5-6,16,18-19H,1-4,7-15,17H2. The molecular weight excluding hydrogens is 434 g/mol. The Morgan fingerprint density at radius 1 is 0.912 bits per heavy atom. The third-order valence-electron chi connectivity index (χ3n) is 7.44. The molecule has 1 unspecified atom stereocenters. The van der Waals surface area contributed by atoms with Crippen molar-refractivity contribution in [2.75, 3.05) is 75.3 Å². The molecule has 34 heavy (non-hydrogen) atoms. The number of carbonyl (C=O) groups is 1. The zero-order chi connectivity index (χ0) is 22.9. The number of carbonyl (C=O) groups excluding carboxylic acids is 1. The Hall–Kier alpha value is -2.72. The van der Waals surface area contributed by atoms with Crippen LogP contribution in [0.5, 0.6) is 0 Å². The Morgan fingerprint density at radius 2 is 1.59 bits per heavy atom. The molecule has 1 saturated carbocycles. The molecule has 0 aromatic carbocycles. The number of amides is 1. The zero-order valence-electron chi connectivity index (χ0n) is 19.6. The molecule has 3 saturated heterocycles. The molecular formula is C24H33N7O3. The van der Waals surface area contributed by atoms with Gasteiger partial charge in [0.25, 0.3) is 5.91 Å². The second kappa shape index (κ2) is 9.50. The van der Waals surface area contributed by atoms with Crippen LogP contribution in [0.1, 0.15) is 47.8 Å². The number of anilines is 2. The van der Waals surface area contributed by atoms with E-state index in [9.17, 15) is 4.79 Å². The highest BCUT2D eigenvalue weighted by Crippen LogP contribution is 2.40. The molecule has 0 bridgehead atoms. The number of piperazine rings is 2. The van der Waals surface area contributed by atoms with E-state index in [2.05, 4.69) is 42.2 Å². The topological polar surface area (TPSA) is 91.1 Å². The van der Waals surface area contributed by atoms with Crippen LogP contribution >= 0.6 is 0 Å². The first kappa shape index (κ1) is 21.8. The van der Waals surface area contributed by atoms with Gasteiger partial charge in [0.15, 0.2) is 17.3 Å². The number of hydrogen-bond acceptors (Lipinski definition) is 9. The number of nitrogens with zero attached hydrogens (tertiary/aromatic N) is 7. The highest BCUT2D eigenvalue weighted by molar-refractivity contribution is 5.92. The summed E-state index contributed by atoms with van der Waals surface area (Å²) in [5, 5.41) is 13.0. The molecule has 1 atom stereocenters. The number of rotatable bonds is 6. The lowest BCUT2D eigenvalue weighted by Crippen LogP contribution is -2.49. The van der Waals surface area contributed by atoms with Crippen molar-refractivity contribution in [3.63, 3.8) is 0 Å². The van der Waals surface area contributed by atoms with Gasteiger partial charge in [0, 0.05) is 77.5 Å². The van der Waals surface area contributed by atoms with E-state index >= 15 is 0 Å². The van der Waals surface area contributed by atoms with Crippen molar-refractivity contribution in [1.82, 2.24) is 25.2 Å². The molecule has 3 aliphatic heterocycles. The highest BCUT2D eigenvalue weighted by Gasteiger charge is 2.31. The van der Waals surface area contributed by atoms with Gasteiger partial charge >= 0.3 is 0 Å². The zero-order valence-corrected chi connectivity index (χ0v) is 19.6. The van der Waals surface area contributed by atoms with Gasteiger partial charge in [0.05, 0.1) is 6.10 Å². The maximum Gasteiger partial charge on any atom is 0.276 e. The quantitative estimate of drug-likeness (QED) is 0.628. The second-order valence-electron chi connectivity index (χ2n) is 9.84. The summed E-state index contributed by atoms with van der Waals surface area (Å²) < 4.78 is 11.1. The van der Waals surface area contributed by atoms with Crippen molar-refractivity contribution >= 4 is 17.5 Å². The van der Waals surface area contributed by atoms with Gasteiger partial charge in [-0.3, -0.25) is 9.69 Å². The summed E-state index contributed by atoms with van der Waals surface area (Å²) >= 11 is 0. The van der Waals surface area contributed by atoms with E-state index in [1.807, 2.05) is 11.0 Å². The van der Waals surface area contributed by atoms with Crippen LogP contribution in [0, 0.1) is 0 Å². The van der Waals surface area contributed by atoms with Crippen LogP contribution in [-0.4, -0.2) is 103 Å². The van der Waals surface area contributed by atoms with E-state index in [1.54, 1.807) is 0 Å². The lowest BCUT2D eigenvalue weighted by atomic mass is 10.2. The third-order valence-corrected chi connectivity index (χ3v) is 7.44. The van der Waals surface area contributed by atoms with Gasteiger partial charge in [-0.2, -0.15) is 0 Å². The maximum atomic E-state index is 12.8. The summed E-state index contributed by atoms with van der Waals surface area (Å²) in [6, 6.07) is 5.95. The second-order valence-corrected chi connectivity index (χ2v) is 9.84.